The summed E-state index contributed by atoms with van der Waals surface area (Å²) in [6.07, 6.45) is 1.81. The minimum atomic E-state index is -0.767. The Morgan fingerprint density at radius 2 is 1.60 bits per heavy atom. The molecule has 0 unspecified atom stereocenters. The van der Waals surface area contributed by atoms with Crippen LogP contribution in [0.1, 0.15) is 50.4 Å². The number of aromatic nitrogens is 1. The monoisotopic (exact) mass is 598 g/mol. The highest BCUT2D eigenvalue weighted by Crippen LogP contribution is 2.36. The smallest absolute Gasteiger partial charge is 0.338 e. The lowest BCUT2D eigenvalue weighted by Crippen LogP contribution is -2.40. The molecule has 0 saturated carbocycles. The zero-order chi connectivity index (χ0) is 30.3. The summed E-state index contributed by atoms with van der Waals surface area (Å²) in [6, 6.07) is 22.2. The van der Waals surface area contributed by atoms with Crippen LogP contribution in [0.2, 0.25) is 0 Å². The Hall–Kier alpha value is -4.63. The first-order chi connectivity index (χ1) is 20.9. The van der Waals surface area contributed by atoms with E-state index in [9.17, 15) is 9.59 Å². The van der Waals surface area contributed by atoms with Crippen molar-refractivity contribution in [3.8, 4) is 17.2 Å². The van der Waals surface area contributed by atoms with Gasteiger partial charge in [0.1, 0.15) is 12.4 Å². The van der Waals surface area contributed by atoms with Gasteiger partial charge in [-0.1, -0.05) is 65.9 Å². The lowest BCUT2D eigenvalue weighted by molar-refractivity contribution is -0.139. The summed E-state index contributed by atoms with van der Waals surface area (Å²) < 4.78 is 25.2. The Balaban J connectivity index is 1.63. The van der Waals surface area contributed by atoms with Gasteiger partial charge in [-0.25, -0.2) is 9.79 Å². The normalized spacial score (nSPS) is 14.6. The number of carbonyl (C=O) groups is 1. The first-order valence-corrected chi connectivity index (χ1v) is 15.1. The number of rotatable bonds is 11. The molecule has 3 aromatic carbocycles. The van der Waals surface area contributed by atoms with Crippen molar-refractivity contribution in [1.29, 1.82) is 0 Å². The van der Waals surface area contributed by atoms with Gasteiger partial charge in [-0.3, -0.25) is 9.36 Å². The third kappa shape index (κ3) is 6.41. The highest BCUT2D eigenvalue weighted by atomic mass is 32.1. The largest absolute Gasteiger partial charge is 0.490 e. The molecule has 1 aromatic heterocycles. The van der Waals surface area contributed by atoms with Crippen molar-refractivity contribution in [1.82, 2.24) is 4.57 Å². The van der Waals surface area contributed by atoms with Gasteiger partial charge in [-0.15, -0.1) is 0 Å². The molecule has 4 aromatic rings. The lowest BCUT2D eigenvalue weighted by atomic mass is 9.95. The summed E-state index contributed by atoms with van der Waals surface area (Å²) in [5.74, 6) is 1.26. The molecule has 1 aliphatic heterocycles. The molecule has 0 amide bonds. The minimum Gasteiger partial charge on any atom is -0.490 e. The molecule has 8 nitrogen and oxygen atoms in total. The summed E-state index contributed by atoms with van der Waals surface area (Å²) in [4.78, 5) is 32.6. The van der Waals surface area contributed by atoms with Crippen molar-refractivity contribution in [3.63, 3.8) is 0 Å². The highest BCUT2D eigenvalue weighted by molar-refractivity contribution is 7.07. The molecular weight excluding hydrogens is 564 g/mol. The fourth-order valence-electron chi connectivity index (χ4n) is 4.95. The van der Waals surface area contributed by atoms with Crippen LogP contribution in [0.15, 0.2) is 93.9 Å². The zero-order valence-electron chi connectivity index (χ0n) is 24.7. The van der Waals surface area contributed by atoms with E-state index in [4.69, 9.17) is 18.9 Å². The van der Waals surface area contributed by atoms with E-state index >= 15 is 0 Å². The summed E-state index contributed by atoms with van der Waals surface area (Å²) >= 11 is 1.27. The van der Waals surface area contributed by atoms with Gasteiger partial charge in [-0.05, 0) is 63.1 Å². The molecule has 1 aliphatic rings. The number of benzene rings is 3. The molecule has 0 spiro atoms. The number of para-hydroxylation sites is 1. The first-order valence-electron chi connectivity index (χ1n) is 14.3. The van der Waals surface area contributed by atoms with Crippen LogP contribution in [0.4, 0.5) is 0 Å². The van der Waals surface area contributed by atoms with Crippen LogP contribution in [0.5, 0.6) is 17.2 Å². The van der Waals surface area contributed by atoms with Crippen LogP contribution >= 0.6 is 11.3 Å². The first kappa shape index (κ1) is 29.8. The molecule has 2 heterocycles. The Morgan fingerprint density at radius 1 is 0.884 bits per heavy atom. The number of thiazole rings is 1. The third-order valence-corrected chi connectivity index (χ3v) is 7.83. The molecule has 5 rings (SSSR count). The molecule has 0 fully saturated rings. The Kier molecular flexibility index (Phi) is 9.41. The predicted molar refractivity (Wildman–Crippen MR) is 166 cm³/mol. The van der Waals surface area contributed by atoms with Crippen LogP contribution < -0.4 is 29.1 Å². The third-order valence-electron chi connectivity index (χ3n) is 6.84. The van der Waals surface area contributed by atoms with E-state index in [0.29, 0.717) is 63.2 Å². The van der Waals surface area contributed by atoms with Crippen molar-refractivity contribution < 1.29 is 23.7 Å². The van der Waals surface area contributed by atoms with Crippen LogP contribution in [0.25, 0.3) is 6.08 Å². The van der Waals surface area contributed by atoms with Gasteiger partial charge in [0.05, 0.1) is 41.7 Å². The fourth-order valence-corrected chi connectivity index (χ4v) is 5.99. The van der Waals surface area contributed by atoms with Crippen molar-refractivity contribution in [3.05, 3.63) is 120 Å². The minimum absolute atomic E-state index is 0.194. The number of hydrogen-bond donors (Lipinski definition) is 0. The predicted octanol–water partition coefficient (Wildman–Crippen LogP) is 5.17. The average Bonchev–Trinajstić information content (AvgIpc) is 3.31. The van der Waals surface area contributed by atoms with Crippen LogP contribution in [-0.4, -0.2) is 30.4 Å². The van der Waals surface area contributed by atoms with Gasteiger partial charge >= 0.3 is 5.97 Å². The number of fused-ring (bicyclic) bond motifs is 1. The number of hydrogen-bond acceptors (Lipinski definition) is 8. The number of nitrogens with zero attached hydrogens (tertiary/aromatic N) is 2. The van der Waals surface area contributed by atoms with E-state index in [1.165, 1.54) is 11.3 Å². The quantitative estimate of drug-likeness (QED) is 0.221. The van der Waals surface area contributed by atoms with E-state index < -0.39 is 12.0 Å². The van der Waals surface area contributed by atoms with Gasteiger partial charge in [0, 0.05) is 5.56 Å². The highest BCUT2D eigenvalue weighted by Gasteiger charge is 2.34. The zero-order valence-corrected chi connectivity index (χ0v) is 25.5. The summed E-state index contributed by atoms with van der Waals surface area (Å²) in [5.41, 5.74) is 3.02. The molecule has 222 valence electrons. The van der Waals surface area contributed by atoms with Gasteiger partial charge in [0.2, 0.25) is 0 Å². The number of carbonyl (C=O) groups excluding carboxylic acids is 1. The van der Waals surface area contributed by atoms with E-state index in [0.717, 1.165) is 11.1 Å². The van der Waals surface area contributed by atoms with Crippen molar-refractivity contribution in [2.75, 3.05) is 19.8 Å². The van der Waals surface area contributed by atoms with Crippen molar-refractivity contribution in [2.45, 2.75) is 40.3 Å². The van der Waals surface area contributed by atoms with Gasteiger partial charge in [0.25, 0.3) is 5.56 Å². The molecule has 9 heteroatoms. The van der Waals surface area contributed by atoms with Gasteiger partial charge in [-0.2, -0.15) is 0 Å². The number of ether oxygens (including phenoxy) is 4. The molecule has 1 atom stereocenters. The Labute approximate surface area is 254 Å². The standard InChI is InChI=1S/C34H34N2O6S/c1-5-39-27-18-17-25(19-28(27)40-6-2)31-30(33(38)41-7-3)22(4)35-34-36(31)32(37)29(43-34)20-24-15-11-12-16-26(24)42-21-23-13-9-8-10-14-23/h8-20,31H,5-7,21H2,1-4H3/b29-20-/t31-/m1/s1. The Morgan fingerprint density at radius 3 is 2.35 bits per heavy atom. The average molecular weight is 599 g/mol. The van der Waals surface area contributed by atoms with Crippen LogP contribution in [0.3, 0.4) is 0 Å². The number of allylic oxidation sites excluding steroid dienone is 1. The molecule has 43 heavy (non-hydrogen) atoms. The SMILES string of the molecule is CCOC(=O)C1=C(C)N=c2s/c(=C\c3ccccc3OCc3ccccc3)c(=O)n2[C@@H]1c1ccc(OCC)c(OCC)c1. The van der Waals surface area contributed by atoms with Gasteiger partial charge < -0.3 is 18.9 Å². The van der Waals surface area contributed by atoms with Gasteiger partial charge in [0.15, 0.2) is 16.3 Å². The number of esters is 1. The maximum Gasteiger partial charge on any atom is 0.338 e. The van der Waals surface area contributed by atoms with E-state index in [2.05, 4.69) is 4.99 Å². The molecule has 0 saturated heterocycles. The second-order valence-electron chi connectivity index (χ2n) is 9.69. The summed E-state index contributed by atoms with van der Waals surface area (Å²) in [5, 5.41) is 0. The molecule has 0 aliphatic carbocycles. The lowest BCUT2D eigenvalue weighted by Gasteiger charge is -2.25. The van der Waals surface area contributed by atoms with E-state index in [1.807, 2.05) is 86.7 Å². The van der Waals surface area contributed by atoms with Crippen LogP contribution in [0, 0.1) is 0 Å². The molecular formula is C34H34N2O6S. The maximum absolute atomic E-state index is 14.1. The fraction of sp³-hybridized carbons (Fsp3) is 0.265. The Bertz CT molecular complexity index is 1820. The maximum atomic E-state index is 14.1. The second-order valence-corrected chi connectivity index (χ2v) is 10.7. The van der Waals surface area contributed by atoms with E-state index in [-0.39, 0.29) is 12.2 Å². The van der Waals surface area contributed by atoms with Crippen molar-refractivity contribution in [2.24, 2.45) is 4.99 Å². The van der Waals surface area contributed by atoms with E-state index in [1.54, 1.807) is 24.5 Å². The summed E-state index contributed by atoms with van der Waals surface area (Å²) in [6.45, 7) is 8.80. The molecule has 0 N–H and O–H groups in total. The van der Waals surface area contributed by atoms with Crippen molar-refractivity contribution >= 4 is 23.4 Å². The summed E-state index contributed by atoms with van der Waals surface area (Å²) in [7, 11) is 0. The molecule has 0 radical (unpaired) electrons. The second kappa shape index (κ2) is 13.6. The molecule has 0 bridgehead atoms. The van der Waals surface area contributed by atoms with Crippen LogP contribution in [-0.2, 0) is 16.1 Å². The topological polar surface area (TPSA) is 88.4 Å².